The number of carbonyl (C=O) groups excluding carboxylic acids is 1. The SMILES string of the molecule is C#CN1C(=O)OC(C(C)C)(C(F)(F)F)c2cc(C)ccc21. The summed E-state index contributed by atoms with van der Waals surface area (Å²) in [5.74, 6) is -0.998. The lowest BCUT2D eigenvalue weighted by Gasteiger charge is -2.44. The van der Waals surface area contributed by atoms with Crippen molar-refractivity contribution < 1.29 is 22.7 Å². The summed E-state index contributed by atoms with van der Waals surface area (Å²) in [4.78, 5) is 12.7. The first-order valence-corrected chi connectivity index (χ1v) is 6.32. The van der Waals surface area contributed by atoms with E-state index in [2.05, 4.69) is 0 Å². The van der Waals surface area contributed by atoms with Crippen LogP contribution in [-0.2, 0) is 10.3 Å². The fourth-order valence-corrected chi connectivity index (χ4v) is 2.57. The van der Waals surface area contributed by atoms with Crippen molar-refractivity contribution in [3.8, 4) is 12.5 Å². The molecule has 1 aliphatic rings. The van der Waals surface area contributed by atoms with Crippen molar-refractivity contribution >= 4 is 11.8 Å². The molecule has 1 amide bonds. The van der Waals surface area contributed by atoms with Crippen LogP contribution >= 0.6 is 0 Å². The van der Waals surface area contributed by atoms with Gasteiger partial charge in [-0.25, -0.2) is 9.69 Å². The van der Waals surface area contributed by atoms with Crippen molar-refractivity contribution in [2.24, 2.45) is 5.92 Å². The van der Waals surface area contributed by atoms with Gasteiger partial charge in [0.2, 0.25) is 5.60 Å². The lowest BCUT2D eigenvalue weighted by Crippen LogP contribution is -2.55. The Bertz CT molecular complexity index is 631. The molecule has 2 rings (SSSR count). The minimum atomic E-state index is -4.75. The summed E-state index contributed by atoms with van der Waals surface area (Å²) < 4.78 is 45.9. The number of benzene rings is 1. The number of fused-ring (bicyclic) bond motifs is 1. The van der Waals surface area contributed by atoms with E-state index in [1.165, 1.54) is 26.0 Å². The molecule has 0 bridgehead atoms. The molecule has 0 radical (unpaired) electrons. The Morgan fingerprint density at radius 1 is 1.38 bits per heavy atom. The summed E-state index contributed by atoms with van der Waals surface area (Å²) in [6, 6.07) is 6.42. The maximum absolute atomic E-state index is 13.7. The number of aryl methyl sites for hydroxylation is 1. The third-order valence-corrected chi connectivity index (χ3v) is 3.59. The van der Waals surface area contributed by atoms with Gasteiger partial charge in [0.1, 0.15) is 0 Å². The van der Waals surface area contributed by atoms with E-state index in [1.807, 2.05) is 6.04 Å². The molecule has 6 heteroatoms. The molecule has 0 saturated carbocycles. The van der Waals surface area contributed by atoms with Crippen LogP contribution in [0.25, 0.3) is 0 Å². The fraction of sp³-hybridized carbons (Fsp3) is 0.400. The van der Waals surface area contributed by atoms with E-state index in [4.69, 9.17) is 11.2 Å². The monoisotopic (exact) mass is 297 g/mol. The van der Waals surface area contributed by atoms with Gasteiger partial charge in [-0.05, 0) is 19.1 Å². The summed E-state index contributed by atoms with van der Waals surface area (Å²) in [7, 11) is 0. The molecule has 0 aliphatic carbocycles. The van der Waals surface area contributed by atoms with Crippen LogP contribution in [0.5, 0.6) is 0 Å². The van der Waals surface area contributed by atoms with Crippen molar-refractivity contribution in [2.45, 2.75) is 32.5 Å². The number of rotatable bonds is 1. The van der Waals surface area contributed by atoms with Crippen molar-refractivity contribution in [1.29, 1.82) is 0 Å². The molecule has 0 saturated heterocycles. The molecular formula is C15H14F3NO2. The highest BCUT2D eigenvalue weighted by Gasteiger charge is 2.64. The molecule has 1 heterocycles. The third kappa shape index (κ3) is 2.04. The lowest BCUT2D eigenvalue weighted by atomic mass is 9.79. The molecule has 1 unspecified atom stereocenters. The highest BCUT2D eigenvalue weighted by Crippen LogP contribution is 2.53. The van der Waals surface area contributed by atoms with Gasteiger partial charge >= 0.3 is 12.3 Å². The van der Waals surface area contributed by atoms with Gasteiger partial charge in [-0.3, -0.25) is 0 Å². The molecule has 1 aliphatic heterocycles. The van der Waals surface area contributed by atoms with Crippen LogP contribution in [-0.4, -0.2) is 12.3 Å². The molecule has 1 aromatic carbocycles. The highest BCUT2D eigenvalue weighted by molar-refractivity contribution is 5.95. The second-order valence-electron chi connectivity index (χ2n) is 5.24. The number of cyclic esters (lactones) is 1. The van der Waals surface area contributed by atoms with Gasteiger partial charge in [0.25, 0.3) is 0 Å². The van der Waals surface area contributed by atoms with Crippen LogP contribution < -0.4 is 4.90 Å². The minimum Gasteiger partial charge on any atom is -0.427 e. The Morgan fingerprint density at radius 3 is 2.48 bits per heavy atom. The molecule has 0 spiro atoms. The fourth-order valence-electron chi connectivity index (χ4n) is 2.57. The number of hydrogen-bond acceptors (Lipinski definition) is 2. The summed E-state index contributed by atoms with van der Waals surface area (Å²) in [6.07, 6.45) is -0.730. The Morgan fingerprint density at radius 2 is 2.00 bits per heavy atom. The van der Waals surface area contributed by atoms with Crippen molar-refractivity contribution in [1.82, 2.24) is 0 Å². The van der Waals surface area contributed by atoms with Gasteiger partial charge in [-0.15, -0.1) is 0 Å². The predicted octanol–water partition coefficient (Wildman–Crippen LogP) is 3.96. The number of hydrogen-bond donors (Lipinski definition) is 0. The molecule has 0 N–H and O–H groups in total. The van der Waals surface area contributed by atoms with Crippen LogP contribution in [0.1, 0.15) is 25.0 Å². The Balaban J connectivity index is 2.84. The number of amides is 1. The van der Waals surface area contributed by atoms with E-state index in [-0.39, 0.29) is 11.3 Å². The number of terminal acetylenes is 1. The van der Waals surface area contributed by atoms with E-state index < -0.39 is 23.8 Å². The van der Waals surface area contributed by atoms with E-state index in [9.17, 15) is 18.0 Å². The summed E-state index contributed by atoms with van der Waals surface area (Å²) >= 11 is 0. The first-order valence-electron chi connectivity index (χ1n) is 6.32. The van der Waals surface area contributed by atoms with Crippen LogP contribution in [0.2, 0.25) is 0 Å². The standard InChI is InChI=1S/C15H14F3NO2/c1-5-19-12-7-6-10(4)8-11(12)14(9(2)3,15(16,17)18)21-13(19)20/h1,6-9H,2-4H3. The van der Waals surface area contributed by atoms with Crippen molar-refractivity contribution in [3.63, 3.8) is 0 Å². The van der Waals surface area contributed by atoms with Gasteiger partial charge in [-0.2, -0.15) is 13.2 Å². The number of halogens is 3. The zero-order valence-corrected chi connectivity index (χ0v) is 11.8. The largest absolute Gasteiger partial charge is 0.433 e. The second kappa shape index (κ2) is 4.69. The number of nitrogens with zero attached hydrogens (tertiary/aromatic N) is 1. The van der Waals surface area contributed by atoms with Gasteiger partial charge in [0.05, 0.1) is 5.69 Å². The smallest absolute Gasteiger partial charge is 0.427 e. The predicted molar refractivity (Wildman–Crippen MR) is 71.5 cm³/mol. The van der Waals surface area contributed by atoms with Crippen LogP contribution in [0.4, 0.5) is 23.7 Å². The zero-order chi connectivity index (χ0) is 16.0. The molecule has 112 valence electrons. The Hall–Kier alpha value is -2.16. The van der Waals surface area contributed by atoms with Gasteiger partial charge < -0.3 is 4.74 Å². The Kier molecular flexibility index (Phi) is 3.40. The number of anilines is 1. The van der Waals surface area contributed by atoms with Crippen LogP contribution in [0.15, 0.2) is 18.2 Å². The number of carbonyl (C=O) groups is 1. The number of ether oxygens (including phenoxy) is 1. The lowest BCUT2D eigenvalue weighted by molar-refractivity contribution is -0.281. The quantitative estimate of drug-likeness (QED) is 0.734. The van der Waals surface area contributed by atoms with Crippen molar-refractivity contribution in [2.75, 3.05) is 4.90 Å². The first-order chi connectivity index (χ1) is 9.65. The minimum absolute atomic E-state index is 0.0328. The summed E-state index contributed by atoms with van der Waals surface area (Å²) in [5.41, 5.74) is -2.18. The second-order valence-corrected chi connectivity index (χ2v) is 5.24. The maximum atomic E-state index is 13.7. The third-order valence-electron chi connectivity index (χ3n) is 3.59. The van der Waals surface area contributed by atoms with Crippen LogP contribution in [0.3, 0.4) is 0 Å². The molecule has 1 aromatic rings. The highest BCUT2D eigenvalue weighted by atomic mass is 19.4. The van der Waals surface area contributed by atoms with E-state index in [1.54, 1.807) is 13.0 Å². The molecule has 0 fully saturated rings. The summed E-state index contributed by atoms with van der Waals surface area (Å²) in [6.45, 7) is 4.38. The van der Waals surface area contributed by atoms with Crippen molar-refractivity contribution in [3.05, 3.63) is 29.3 Å². The molecule has 3 nitrogen and oxygen atoms in total. The molecular weight excluding hydrogens is 283 g/mol. The topological polar surface area (TPSA) is 29.5 Å². The first kappa shape index (κ1) is 15.2. The normalized spacial score (nSPS) is 21.8. The van der Waals surface area contributed by atoms with Gasteiger partial charge in [0, 0.05) is 17.5 Å². The van der Waals surface area contributed by atoms with Gasteiger partial charge in [-0.1, -0.05) is 31.9 Å². The van der Waals surface area contributed by atoms with E-state index in [0.717, 1.165) is 4.90 Å². The van der Waals surface area contributed by atoms with Gasteiger partial charge in [0.15, 0.2) is 0 Å². The average molecular weight is 297 g/mol. The van der Waals surface area contributed by atoms with Crippen LogP contribution in [0, 0.1) is 25.3 Å². The van der Waals surface area contributed by atoms with E-state index in [0.29, 0.717) is 5.56 Å². The molecule has 1 atom stereocenters. The Labute approximate surface area is 120 Å². The zero-order valence-electron chi connectivity index (χ0n) is 11.8. The maximum Gasteiger partial charge on any atom is 0.433 e. The number of alkyl halides is 3. The summed E-state index contributed by atoms with van der Waals surface area (Å²) in [5, 5.41) is 0. The molecule has 0 aromatic heterocycles. The average Bonchev–Trinajstić information content (AvgIpc) is 2.36. The molecule has 21 heavy (non-hydrogen) atoms. The van der Waals surface area contributed by atoms with E-state index >= 15 is 0 Å².